The van der Waals surface area contributed by atoms with Gasteiger partial charge in [0, 0.05) is 30.3 Å². The summed E-state index contributed by atoms with van der Waals surface area (Å²) in [4.78, 5) is 24.4. The first-order valence-corrected chi connectivity index (χ1v) is 6.47. The van der Waals surface area contributed by atoms with Gasteiger partial charge < -0.3 is 4.90 Å². The molecule has 1 aliphatic carbocycles. The SMILES string of the molecule is Cc1cc([N+](=O)[O-])ccc1C(=O)N(CCC#N)C1CC1. The maximum atomic E-state index is 12.5. The van der Waals surface area contributed by atoms with Crippen molar-refractivity contribution in [3.63, 3.8) is 0 Å². The highest BCUT2D eigenvalue weighted by molar-refractivity contribution is 5.96. The Morgan fingerprint density at radius 1 is 1.55 bits per heavy atom. The van der Waals surface area contributed by atoms with Gasteiger partial charge in [-0.15, -0.1) is 0 Å². The molecule has 0 bridgehead atoms. The molecule has 1 fully saturated rings. The van der Waals surface area contributed by atoms with Gasteiger partial charge in [-0.1, -0.05) is 0 Å². The molecule has 1 aliphatic rings. The largest absolute Gasteiger partial charge is 0.335 e. The number of nitro groups is 1. The second-order valence-electron chi connectivity index (χ2n) is 4.89. The molecule has 1 aromatic carbocycles. The fourth-order valence-corrected chi connectivity index (χ4v) is 2.16. The van der Waals surface area contributed by atoms with E-state index >= 15 is 0 Å². The Morgan fingerprint density at radius 2 is 2.25 bits per heavy atom. The molecular formula is C14H15N3O3. The molecule has 1 aromatic rings. The average molecular weight is 273 g/mol. The highest BCUT2D eigenvalue weighted by atomic mass is 16.6. The van der Waals surface area contributed by atoms with Crippen molar-refractivity contribution in [1.82, 2.24) is 4.90 Å². The summed E-state index contributed by atoms with van der Waals surface area (Å²) in [6.45, 7) is 2.10. The standard InChI is InChI=1S/C14H15N3O3/c1-10-9-12(17(19)20)5-6-13(10)14(18)16(8-2-7-15)11-3-4-11/h5-6,9,11H,2-4,8H2,1H3. The Balaban J connectivity index is 2.23. The summed E-state index contributed by atoms with van der Waals surface area (Å²) >= 11 is 0. The highest BCUT2D eigenvalue weighted by Gasteiger charge is 2.33. The molecule has 6 nitrogen and oxygen atoms in total. The summed E-state index contributed by atoms with van der Waals surface area (Å²) in [7, 11) is 0. The van der Waals surface area contributed by atoms with E-state index < -0.39 is 4.92 Å². The number of non-ortho nitro benzene ring substituents is 1. The van der Waals surface area contributed by atoms with Crippen LogP contribution in [0.1, 0.15) is 35.2 Å². The van der Waals surface area contributed by atoms with E-state index in [4.69, 9.17) is 5.26 Å². The molecule has 6 heteroatoms. The van der Waals surface area contributed by atoms with E-state index in [0.717, 1.165) is 12.8 Å². The van der Waals surface area contributed by atoms with Crippen molar-refractivity contribution in [2.24, 2.45) is 0 Å². The Bertz CT molecular complexity index is 588. The van der Waals surface area contributed by atoms with E-state index in [0.29, 0.717) is 24.1 Å². The zero-order valence-electron chi connectivity index (χ0n) is 11.2. The fourth-order valence-electron chi connectivity index (χ4n) is 2.16. The van der Waals surface area contributed by atoms with E-state index in [-0.39, 0.29) is 17.6 Å². The number of amides is 1. The van der Waals surface area contributed by atoms with E-state index in [2.05, 4.69) is 0 Å². The number of carbonyl (C=O) groups is 1. The van der Waals surface area contributed by atoms with Crippen LogP contribution in [0.5, 0.6) is 0 Å². The van der Waals surface area contributed by atoms with Crippen LogP contribution in [-0.2, 0) is 0 Å². The van der Waals surface area contributed by atoms with E-state index in [1.165, 1.54) is 18.2 Å². The lowest BCUT2D eigenvalue weighted by atomic mass is 10.1. The summed E-state index contributed by atoms with van der Waals surface area (Å²) in [5.74, 6) is -0.143. The molecule has 0 aliphatic heterocycles. The van der Waals surface area contributed by atoms with E-state index in [9.17, 15) is 14.9 Å². The number of aryl methyl sites for hydroxylation is 1. The molecule has 0 radical (unpaired) electrons. The molecule has 0 N–H and O–H groups in total. The van der Waals surface area contributed by atoms with Crippen LogP contribution < -0.4 is 0 Å². The number of rotatable bonds is 5. The molecule has 0 spiro atoms. The third-order valence-corrected chi connectivity index (χ3v) is 3.36. The minimum atomic E-state index is -0.477. The zero-order chi connectivity index (χ0) is 14.7. The van der Waals surface area contributed by atoms with Gasteiger partial charge in [0.05, 0.1) is 17.4 Å². The molecular weight excluding hydrogens is 258 g/mol. The van der Waals surface area contributed by atoms with Crippen molar-refractivity contribution in [3.8, 4) is 6.07 Å². The molecule has 104 valence electrons. The number of hydrogen-bond acceptors (Lipinski definition) is 4. The van der Waals surface area contributed by atoms with Gasteiger partial charge in [0.25, 0.3) is 11.6 Å². The first-order chi connectivity index (χ1) is 9.54. The number of carbonyl (C=O) groups excluding carboxylic acids is 1. The predicted molar refractivity (Wildman–Crippen MR) is 72.1 cm³/mol. The van der Waals surface area contributed by atoms with Crippen LogP contribution in [0, 0.1) is 28.4 Å². The predicted octanol–water partition coefficient (Wildman–Crippen LogP) is 2.42. The lowest BCUT2D eigenvalue weighted by Gasteiger charge is -2.22. The zero-order valence-corrected chi connectivity index (χ0v) is 11.2. The molecule has 1 saturated carbocycles. The van der Waals surface area contributed by atoms with E-state index in [1.54, 1.807) is 11.8 Å². The van der Waals surface area contributed by atoms with Gasteiger partial charge in [0.15, 0.2) is 0 Å². The van der Waals surface area contributed by atoms with Crippen molar-refractivity contribution < 1.29 is 9.72 Å². The smallest absolute Gasteiger partial charge is 0.269 e. The summed E-state index contributed by atoms with van der Waals surface area (Å²) in [5, 5.41) is 19.4. The van der Waals surface area contributed by atoms with Crippen LogP contribution in [0.15, 0.2) is 18.2 Å². The van der Waals surface area contributed by atoms with Gasteiger partial charge in [-0.2, -0.15) is 5.26 Å². The maximum Gasteiger partial charge on any atom is 0.269 e. The molecule has 0 saturated heterocycles. The minimum absolute atomic E-state index is 0.0194. The fraction of sp³-hybridized carbons (Fsp3) is 0.429. The first-order valence-electron chi connectivity index (χ1n) is 6.47. The van der Waals surface area contributed by atoms with Crippen LogP contribution in [0.4, 0.5) is 5.69 Å². The van der Waals surface area contributed by atoms with Gasteiger partial charge in [0.2, 0.25) is 0 Å². The summed E-state index contributed by atoms with van der Waals surface area (Å²) in [6, 6.07) is 6.50. The van der Waals surface area contributed by atoms with Gasteiger partial charge in [0.1, 0.15) is 0 Å². The number of benzene rings is 1. The van der Waals surface area contributed by atoms with Crippen LogP contribution in [0.2, 0.25) is 0 Å². The second kappa shape index (κ2) is 5.70. The Morgan fingerprint density at radius 3 is 2.75 bits per heavy atom. The maximum absolute atomic E-state index is 12.5. The van der Waals surface area contributed by atoms with E-state index in [1.807, 2.05) is 6.07 Å². The lowest BCUT2D eigenvalue weighted by molar-refractivity contribution is -0.384. The number of nitrogens with zero attached hydrogens (tertiary/aromatic N) is 3. The minimum Gasteiger partial charge on any atom is -0.335 e. The highest BCUT2D eigenvalue weighted by Crippen LogP contribution is 2.29. The topological polar surface area (TPSA) is 87.2 Å². The molecule has 0 heterocycles. The van der Waals surface area contributed by atoms with Gasteiger partial charge in [-0.25, -0.2) is 0 Å². The number of nitro benzene ring substituents is 1. The Labute approximate surface area is 116 Å². The molecule has 0 aromatic heterocycles. The third kappa shape index (κ3) is 2.94. The second-order valence-corrected chi connectivity index (χ2v) is 4.89. The Kier molecular flexibility index (Phi) is 3.99. The molecule has 0 unspecified atom stereocenters. The molecule has 0 atom stereocenters. The molecule has 20 heavy (non-hydrogen) atoms. The molecule has 1 amide bonds. The van der Waals surface area contributed by atoms with Gasteiger partial charge >= 0.3 is 0 Å². The first kappa shape index (κ1) is 14.0. The summed E-state index contributed by atoms with van der Waals surface area (Å²) < 4.78 is 0. The van der Waals surface area contributed by atoms with Crippen molar-refractivity contribution in [2.45, 2.75) is 32.2 Å². The average Bonchev–Trinajstić information content (AvgIpc) is 3.23. The van der Waals surface area contributed by atoms with Crippen LogP contribution >= 0.6 is 0 Å². The number of nitriles is 1. The molecule has 2 rings (SSSR count). The normalized spacial score (nSPS) is 13.6. The monoisotopic (exact) mass is 273 g/mol. The van der Waals surface area contributed by atoms with Crippen molar-refractivity contribution in [1.29, 1.82) is 5.26 Å². The van der Waals surface area contributed by atoms with Crippen LogP contribution in [0.25, 0.3) is 0 Å². The van der Waals surface area contributed by atoms with Crippen LogP contribution in [-0.4, -0.2) is 28.3 Å². The van der Waals surface area contributed by atoms with Crippen LogP contribution in [0.3, 0.4) is 0 Å². The summed E-state index contributed by atoms with van der Waals surface area (Å²) in [6.07, 6.45) is 2.22. The van der Waals surface area contributed by atoms with Crippen molar-refractivity contribution >= 4 is 11.6 Å². The quantitative estimate of drug-likeness (QED) is 0.608. The van der Waals surface area contributed by atoms with Gasteiger partial charge in [-0.05, 0) is 31.4 Å². The Hall–Kier alpha value is -2.42. The lowest BCUT2D eigenvalue weighted by Crippen LogP contribution is -2.34. The van der Waals surface area contributed by atoms with Crippen molar-refractivity contribution in [2.75, 3.05) is 6.54 Å². The third-order valence-electron chi connectivity index (χ3n) is 3.36. The van der Waals surface area contributed by atoms with Crippen molar-refractivity contribution in [3.05, 3.63) is 39.4 Å². The van der Waals surface area contributed by atoms with Gasteiger partial charge in [-0.3, -0.25) is 14.9 Å². The number of hydrogen-bond donors (Lipinski definition) is 0. The summed E-state index contributed by atoms with van der Waals surface area (Å²) in [5.41, 5.74) is 1.04.